The van der Waals surface area contributed by atoms with Crippen molar-refractivity contribution in [1.82, 2.24) is 0 Å². The van der Waals surface area contributed by atoms with E-state index in [9.17, 15) is 18.0 Å². The van der Waals surface area contributed by atoms with Gasteiger partial charge in [-0.3, -0.25) is 0 Å². The lowest BCUT2D eigenvalue weighted by atomic mass is 10.1. The molecule has 0 aliphatic carbocycles. The summed E-state index contributed by atoms with van der Waals surface area (Å²) in [6, 6.07) is 2.70. The fourth-order valence-electron chi connectivity index (χ4n) is 1.65. The Morgan fingerprint density at radius 3 is 2.47 bits per heavy atom. The minimum atomic E-state index is -4.67. The third-order valence-corrected chi connectivity index (χ3v) is 4.49. The van der Waals surface area contributed by atoms with Gasteiger partial charge >= 0.3 is 12.1 Å². The predicted octanol–water partition coefficient (Wildman–Crippen LogP) is 4.50. The lowest BCUT2D eigenvalue weighted by Crippen LogP contribution is -2.32. The average molecular weight is 329 g/mol. The van der Waals surface area contributed by atoms with Gasteiger partial charge in [0.1, 0.15) is 5.25 Å². The van der Waals surface area contributed by atoms with Crippen molar-refractivity contribution in [3.05, 3.63) is 33.3 Å². The van der Waals surface area contributed by atoms with Gasteiger partial charge in [0.05, 0.1) is 10.6 Å². The van der Waals surface area contributed by atoms with Crippen molar-refractivity contribution >= 4 is 47.0 Å². The smallest absolute Gasteiger partial charge is 0.405 e. The third kappa shape index (κ3) is 2.85. The van der Waals surface area contributed by atoms with Gasteiger partial charge in [-0.1, -0.05) is 23.2 Å². The zero-order valence-corrected chi connectivity index (χ0v) is 11.3. The second-order valence-electron chi connectivity index (χ2n) is 3.75. The molecule has 1 N–H and O–H groups in total. The molecule has 8 heteroatoms. The molecule has 2 nitrogen and oxygen atoms in total. The molecular weight excluding hydrogens is 324 g/mol. The average Bonchev–Trinajstić information content (AvgIpc) is 2.25. The van der Waals surface area contributed by atoms with Crippen LogP contribution in [0.4, 0.5) is 13.2 Å². The first-order valence-corrected chi connectivity index (χ1v) is 6.51. The number of halogens is 5. The van der Waals surface area contributed by atoms with E-state index >= 15 is 0 Å². The number of hydrogen-bond donors (Lipinski definition) is 1. The molecule has 0 saturated heterocycles. The van der Waals surface area contributed by atoms with Crippen molar-refractivity contribution in [2.45, 2.75) is 16.3 Å². The van der Waals surface area contributed by atoms with Crippen LogP contribution in [0.15, 0.2) is 22.6 Å². The van der Waals surface area contributed by atoms with E-state index in [0.717, 1.165) is 6.08 Å². The van der Waals surface area contributed by atoms with Crippen LogP contribution in [-0.2, 0) is 4.79 Å². The van der Waals surface area contributed by atoms with Crippen LogP contribution in [0.5, 0.6) is 0 Å². The van der Waals surface area contributed by atoms with Crippen LogP contribution in [0.1, 0.15) is 5.56 Å². The summed E-state index contributed by atoms with van der Waals surface area (Å²) < 4.78 is 38.6. The van der Waals surface area contributed by atoms with Gasteiger partial charge < -0.3 is 5.11 Å². The molecule has 0 fully saturated rings. The van der Waals surface area contributed by atoms with Crippen molar-refractivity contribution in [1.29, 1.82) is 0 Å². The van der Waals surface area contributed by atoms with Gasteiger partial charge in [0, 0.05) is 9.92 Å². The molecule has 2 rings (SSSR count). The molecule has 1 aromatic carbocycles. The molecule has 1 aliphatic rings. The molecule has 0 bridgehead atoms. The zero-order valence-electron chi connectivity index (χ0n) is 8.96. The van der Waals surface area contributed by atoms with Crippen molar-refractivity contribution < 1.29 is 23.1 Å². The summed E-state index contributed by atoms with van der Waals surface area (Å²) in [5.74, 6) is -1.61. The quantitative estimate of drug-likeness (QED) is 0.824. The molecule has 0 spiro atoms. The third-order valence-electron chi connectivity index (χ3n) is 2.41. The maximum atomic E-state index is 12.9. The van der Waals surface area contributed by atoms with Gasteiger partial charge in [0.2, 0.25) is 0 Å². The van der Waals surface area contributed by atoms with Crippen LogP contribution in [-0.4, -0.2) is 22.5 Å². The highest BCUT2D eigenvalue weighted by atomic mass is 35.5. The summed E-state index contributed by atoms with van der Waals surface area (Å²) in [7, 11) is 0. The monoisotopic (exact) mass is 328 g/mol. The minimum Gasteiger partial charge on any atom is -0.478 e. The lowest BCUT2D eigenvalue weighted by molar-refractivity contribution is -0.140. The van der Waals surface area contributed by atoms with Gasteiger partial charge in [0.15, 0.2) is 0 Å². The standard InChI is InChI=1S/C11H5Cl2F3O2S/c12-5-1-4-2-6(10(17)18)9(11(14,15)16)19-8(4)7(13)3-5/h1-3,9H,(H,17,18)/t9-/m0/s1. The van der Waals surface area contributed by atoms with Crippen molar-refractivity contribution in [3.8, 4) is 0 Å². The van der Waals surface area contributed by atoms with Crippen LogP contribution in [0.25, 0.3) is 6.08 Å². The molecule has 0 amide bonds. The van der Waals surface area contributed by atoms with Crippen LogP contribution in [0.2, 0.25) is 10.0 Å². The normalized spacial score (nSPS) is 18.8. The number of rotatable bonds is 1. The van der Waals surface area contributed by atoms with Gasteiger partial charge in [0.25, 0.3) is 0 Å². The molecule has 1 atom stereocenters. The molecule has 0 saturated carbocycles. The number of hydrogen-bond acceptors (Lipinski definition) is 2. The van der Waals surface area contributed by atoms with Gasteiger partial charge in [-0.05, 0) is 23.8 Å². The first-order chi connectivity index (χ1) is 8.70. The van der Waals surface area contributed by atoms with Crippen molar-refractivity contribution in [3.63, 3.8) is 0 Å². The van der Waals surface area contributed by atoms with E-state index < -0.39 is 23.0 Å². The van der Waals surface area contributed by atoms with E-state index in [2.05, 4.69) is 0 Å². The highest BCUT2D eigenvalue weighted by Gasteiger charge is 2.47. The maximum Gasteiger partial charge on any atom is 0.405 e. The van der Waals surface area contributed by atoms with E-state index in [-0.39, 0.29) is 20.5 Å². The molecule has 0 unspecified atom stereocenters. The SMILES string of the molecule is O=C(O)C1=Cc2cc(Cl)cc(Cl)c2S[C@@H]1C(F)(F)F. The Kier molecular flexibility index (Phi) is 3.77. The second-order valence-corrected chi connectivity index (χ2v) is 5.71. The Hall–Kier alpha value is -0.850. The van der Waals surface area contributed by atoms with E-state index in [4.69, 9.17) is 28.3 Å². The first kappa shape index (κ1) is 14.6. The number of fused-ring (bicyclic) bond motifs is 1. The largest absolute Gasteiger partial charge is 0.478 e. The Balaban J connectivity index is 2.61. The van der Waals surface area contributed by atoms with Crippen molar-refractivity contribution in [2.75, 3.05) is 0 Å². The fraction of sp³-hybridized carbons (Fsp3) is 0.182. The van der Waals surface area contributed by atoms with Crippen LogP contribution < -0.4 is 0 Å². The fourth-order valence-corrected chi connectivity index (χ4v) is 3.39. The van der Waals surface area contributed by atoms with E-state index in [1.807, 2.05) is 0 Å². The number of benzene rings is 1. The Morgan fingerprint density at radius 1 is 1.32 bits per heavy atom. The summed E-state index contributed by atoms with van der Waals surface area (Å²) in [5.41, 5.74) is -0.455. The Labute approximate surface area is 120 Å². The Morgan fingerprint density at radius 2 is 1.95 bits per heavy atom. The Bertz CT molecular complexity index is 584. The number of alkyl halides is 3. The van der Waals surface area contributed by atoms with Crippen molar-refractivity contribution in [2.24, 2.45) is 0 Å². The predicted molar refractivity (Wildman–Crippen MR) is 67.8 cm³/mol. The van der Waals surface area contributed by atoms with E-state index in [1.54, 1.807) is 0 Å². The highest BCUT2D eigenvalue weighted by molar-refractivity contribution is 8.00. The number of aliphatic carboxylic acids is 1. The zero-order chi connectivity index (χ0) is 14.4. The summed E-state index contributed by atoms with van der Waals surface area (Å²) >= 11 is 12.0. The molecule has 102 valence electrons. The molecule has 1 aromatic rings. The summed E-state index contributed by atoms with van der Waals surface area (Å²) in [6.45, 7) is 0. The molecule has 19 heavy (non-hydrogen) atoms. The van der Waals surface area contributed by atoms with Gasteiger partial charge in [-0.25, -0.2) is 4.79 Å². The summed E-state index contributed by atoms with van der Waals surface area (Å²) in [6.07, 6.45) is -3.71. The lowest BCUT2D eigenvalue weighted by Gasteiger charge is -2.26. The summed E-state index contributed by atoms with van der Waals surface area (Å²) in [5, 5.41) is 7.05. The maximum absolute atomic E-state index is 12.9. The van der Waals surface area contributed by atoms with Gasteiger partial charge in [-0.15, -0.1) is 11.8 Å². The van der Waals surface area contributed by atoms with E-state index in [1.165, 1.54) is 12.1 Å². The number of carboxylic acid groups (broad SMARTS) is 1. The molecular formula is C11H5Cl2F3O2S. The second kappa shape index (κ2) is 4.92. The van der Waals surface area contributed by atoms with Crippen LogP contribution in [0, 0.1) is 0 Å². The number of carbonyl (C=O) groups is 1. The number of carboxylic acids is 1. The van der Waals surface area contributed by atoms with E-state index in [0.29, 0.717) is 11.8 Å². The molecule has 1 heterocycles. The topological polar surface area (TPSA) is 37.3 Å². The first-order valence-electron chi connectivity index (χ1n) is 4.87. The summed E-state index contributed by atoms with van der Waals surface area (Å²) in [4.78, 5) is 11.1. The minimum absolute atomic E-state index is 0.0717. The van der Waals surface area contributed by atoms with Gasteiger partial charge in [-0.2, -0.15) is 13.2 Å². The highest BCUT2D eigenvalue weighted by Crippen LogP contribution is 2.48. The van der Waals surface area contributed by atoms with Crippen LogP contribution in [0.3, 0.4) is 0 Å². The number of thioether (sulfide) groups is 1. The molecule has 0 radical (unpaired) electrons. The van der Waals surface area contributed by atoms with Crippen LogP contribution >= 0.6 is 35.0 Å². The molecule has 0 aromatic heterocycles. The molecule has 1 aliphatic heterocycles.